The van der Waals surface area contributed by atoms with E-state index in [1.165, 1.54) is 12.1 Å². The van der Waals surface area contributed by atoms with Crippen molar-refractivity contribution in [3.8, 4) is 0 Å². The summed E-state index contributed by atoms with van der Waals surface area (Å²) in [6.07, 6.45) is 0. The van der Waals surface area contributed by atoms with Crippen LogP contribution in [0, 0.1) is 13.8 Å². The summed E-state index contributed by atoms with van der Waals surface area (Å²) in [5.74, 6) is -0.544. The van der Waals surface area contributed by atoms with Gasteiger partial charge < -0.3 is 10.6 Å². The van der Waals surface area contributed by atoms with Crippen LogP contribution in [0.5, 0.6) is 0 Å². The molecule has 1 heterocycles. The molecule has 1 atom stereocenters. The van der Waals surface area contributed by atoms with Gasteiger partial charge in [-0.1, -0.05) is 23.2 Å². The van der Waals surface area contributed by atoms with Gasteiger partial charge in [0.25, 0.3) is 11.8 Å². The van der Waals surface area contributed by atoms with Crippen LogP contribution in [-0.4, -0.2) is 21.6 Å². The molecule has 2 aromatic carbocycles. The van der Waals surface area contributed by atoms with E-state index in [1.54, 1.807) is 35.0 Å². The molecule has 0 bridgehead atoms. The van der Waals surface area contributed by atoms with Crippen molar-refractivity contribution in [2.75, 3.05) is 5.32 Å². The number of aromatic nitrogens is 2. The van der Waals surface area contributed by atoms with E-state index < -0.39 is 0 Å². The summed E-state index contributed by atoms with van der Waals surface area (Å²) in [5, 5.41) is 10.9. The average molecular weight is 445 g/mol. The topological polar surface area (TPSA) is 76.0 Å². The molecule has 0 aliphatic rings. The molecule has 3 rings (SSSR count). The second-order valence-electron chi connectivity index (χ2n) is 7.09. The van der Waals surface area contributed by atoms with E-state index in [-0.39, 0.29) is 17.9 Å². The lowest BCUT2D eigenvalue weighted by atomic mass is 10.1. The minimum atomic E-state index is -0.340. The molecular formula is C22H22Cl2N4O2. The minimum absolute atomic E-state index is 0.182. The number of carbonyl (C=O) groups is 2. The predicted molar refractivity (Wildman–Crippen MR) is 119 cm³/mol. The monoisotopic (exact) mass is 444 g/mol. The van der Waals surface area contributed by atoms with Crippen LogP contribution in [-0.2, 0) is 7.05 Å². The van der Waals surface area contributed by atoms with Crippen molar-refractivity contribution in [1.29, 1.82) is 0 Å². The molecule has 0 spiro atoms. The number of hydrogen-bond acceptors (Lipinski definition) is 3. The molecule has 0 saturated heterocycles. The fraction of sp³-hybridized carbons (Fsp3) is 0.227. The van der Waals surface area contributed by atoms with Crippen LogP contribution in [0.15, 0.2) is 42.5 Å². The highest BCUT2D eigenvalue weighted by Gasteiger charge is 2.19. The Bertz CT molecular complexity index is 1090. The van der Waals surface area contributed by atoms with E-state index in [0.717, 1.165) is 17.0 Å². The highest BCUT2D eigenvalue weighted by Crippen LogP contribution is 2.22. The Morgan fingerprint density at radius 3 is 2.10 bits per heavy atom. The molecule has 0 aliphatic carbocycles. The molecule has 1 aromatic heterocycles. The molecule has 0 radical (unpaired) electrons. The normalized spacial score (nSPS) is 11.8. The van der Waals surface area contributed by atoms with Crippen LogP contribution in [0.1, 0.15) is 50.6 Å². The Labute approximate surface area is 185 Å². The molecular weight excluding hydrogens is 423 g/mol. The third kappa shape index (κ3) is 4.83. The van der Waals surface area contributed by atoms with E-state index in [9.17, 15) is 9.59 Å². The minimum Gasteiger partial charge on any atom is -0.345 e. The second kappa shape index (κ2) is 8.90. The molecule has 6 nitrogen and oxygen atoms in total. The van der Waals surface area contributed by atoms with E-state index >= 15 is 0 Å². The molecule has 2 N–H and O–H groups in total. The Morgan fingerprint density at radius 1 is 0.967 bits per heavy atom. The molecule has 0 fully saturated rings. The molecule has 3 aromatic rings. The van der Waals surface area contributed by atoms with E-state index in [0.29, 0.717) is 26.9 Å². The number of benzene rings is 2. The first kappa shape index (κ1) is 21.9. The van der Waals surface area contributed by atoms with Gasteiger partial charge in [0.1, 0.15) is 0 Å². The quantitative estimate of drug-likeness (QED) is 0.575. The zero-order chi connectivity index (χ0) is 22.0. The fourth-order valence-corrected chi connectivity index (χ4v) is 3.89. The van der Waals surface area contributed by atoms with Crippen LogP contribution in [0.2, 0.25) is 10.0 Å². The molecule has 0 aliphatic heterocycles. The number of halogens is 2. The lowest BCUT2D eigenvalue weighted by molar-refractivity contribution is 0.0939. The van der Waals surface area contributed by atoms with Crippen molar-refractivity contribution in [2.24, 2.45) is 7.05 Å². The van der Waals surface area contributed by atoms with Gasteiger partial charge in [-0.15, -0.1) is 0 Å². The first-order valence-corrected chi connectivity index (χ1v) is 10.1. The third-order valence-electron chi connectivity index (χ3n) is 4.88. The van der Waals surface area contributed by atoms with Gasteiger partial charge in [-0.05, 0) is 63.2 Å². The van der Waals surface area contributed by atoms with E-state index in [1.807, 2.05) is 27.8 Å². The van der Waals surface area contributed by atoms with Gasteiger partial charge in [0.05, 0.1) is 11.7 Å². The van der Waals surface area contributed by atoms with Gasteiger partial charge in [-0.25, -0.2) is 0 Å². The van der Waals surface area contributed by atoms with E-state index in [2.05, 4.69) is 15.7 Å². The Morgan fingerprint density at radius 2 is 1.57 bits per heavy atom. The zero-order valence-corrected chi connectivity index (χ0v) is 18.6. The SMILES string of the molecule is Cc1nn(C)c(C)c1C(C)NC(=O)c1ccc(NC(=O)c2cc(Cl)cc(Cl)c2)cc1. The average Bonchev–Trinajstić information content (AvgIpc) is 2.93. The number of anilines is 1. The maximum absolute atomic E-state index is 12.6. The highest BCUT2D eigenvalue weighted by molar-refractivity contribution is 6.35. The molecule has 0 saturated carbocycles. The summed E-state index contributed by atoms with van der Waals surface area (Å²) in [6, 6.07) is 11.1. The highest BCUT2D eigenvalue weighted by atomic mass is 35.5. The number of rotatable bonds is 5. The van der Waals surface area contributed by atoms with Crippen molar-refractivity contribution < 1.29 is 9.59 Å². The largest absolute Gasteiger partial charge is 0.345 e. The van der Waals surface area contributed by atoms with Crippen molar-refractivity contribution >= 4 is 40.7 Å². The number of aryl methyl sites for hydroxylation is 2. The molecule has 30 heavy (non-hydrogen) atoms. The summed E-state index contributed by atoms with van der Waals surface area (Å²) in [6.45, 7) is 5.83. The number of hydrogen-bond donors (Lipinski definition) is 2. The number of nitrogens with zero attached hydrogens (tertiary/aromatic N) is 2. The van der Waals surface area contributed by atoms with Gasteiger partial charge >= 0.3 is 0 Å². The van der Waals surface area contributed by atoms with Crippen LogP contribution in [0.4, 0.5) is 5.69 Å². The predicted octanol–water partition coefficient (Wildman–Crippen LogP) is 5.09. The number of amides is 2. The van der Waals surface area contributed by atoms with Crippen molar-refractivity contribution in [3.05, 3.63) is 80.6 Å². The smallest absolute Gasteiger partial charge is 0.255 e. The fourth-order valence-electron chi connectivity index (χ4n) is 3.36. The van der Waals surface area contributed by atoms with Crippen LogP contribution < -0.4 is 10.6 Å². The Hall–Kier alpha value is -2.83. The van der Waals surface area contributed by atoms with Gasteiger partial charge in [0, 0.05) is 45.2 Å². The first-order valence-electron chi connectivity index (χ1n) is 9.34. The summed E-state index contributed by atoms with van der Waals surface area (Å²) >= 11 is 11.9. The Kier molecular flexibility index (Phi) is 6.48. The second-order valence-corrected chi connectivity index (χ2v) is 7.97. The molecule has 156 valence electrons. The van der Waals surface area contributed by atoms with Crippen molar-refractivity contribution in [2.45, 2.75) is 26.8 Å². The number of nitrogens with one attached hydrogen (secondary N) is 2. The zero-order valence-electron chi connectivity index (χ0n) is 17.1. The van der Waals surface area contributed by atoms with Crippen molar-refractivity contribution in [3.63, 3.8) is 0 Å². The molecule has 2 amide bonds. The van der Waals surface area contributed by atoms with Crippen LogP contribution in [0.3, 0.4) is 0 Å². The number of carbonyl (C=O) groups excluding carboxylic acids is 2. The molecule has 1 unspecified atom stereocenters. The maximum Gasteiger partial charge on any atom is 0.255 e. The van der Waals surface area contributed by atoms with Gasteiger partial charge in [-0.3, -0.25) is 14.3 Å². The van der Waals surface area contributed by atoms with Crippen LogP contribution in [0.25, 0.3) is 0 Å². The summed E-state index contributed by atoms with van der Waals surface area (Å²) in [4.78, 5) is 25.0. The maximum atomic E-state index is 12.6. The molecule has 8 heteroatoms. The van der Waals surface area contributed by atoms with E-state index in [4.69, 9.17) is 23.2 Å². The first-order chi connectivity index (χ1) is 14.2. The summed E-state index contributed by atoms with van der Waals surface area (Å²) < 4.78 is 1.80. The summed E-state index contributed by atoms with van der Waals surface area (Å²) in [7, 11) is 1.88. The van der Waals surface area contributed by atoms with Crippen LogP contribution >= 0.6 is 23.2 Å². The lowest BCUT2D eigenvalue weighted by Crippen LogP contribution is -2.27. The van der Waals surface area contributed by atoms with Gasteiger partial charge in [-0.2, -0.15) is 5.10 Å². The summed E-state index contributed by atoms with van der Waals surface area (Å²) in [5.41, 5.74) is 4.31. The van der Waals surface area contributed by atoms with Gasteiger partial charge in [0.2, 0.25) is 0 Å². The standard InChI is InChI=1S/C22H22Cl2N4O2/c1-12(20-13(2)27-28(4)14(20)3)25-21(29)15-5-7-19(8-6-15)26-22(30)16-9-17(23)11-18(24)10-16/h5-12H,1-4H3,(H,25,29)(H,26,30). The Balaban J connectivity index is 1.67. The third-order valence-corrected chi connectivity index (χ3v) is 5.31. The van der Waals surface area contributed by atoms with Crippen molar-refractivity contribution in [1.82, 2.24) is 15.1 Å². The lowest BCUT2D eigenvalue weighted by Gasteiger charge is -2.15. The van der Waals surface area contributed by atoms with Gasteiger partial charge in [0.15, 0.2) is 0 Å².